The number of carbonyl (C=O) groups is 3. The van der Waals surface area contributed by atoms with Crippen molar-refractivity contribution in [2.24, 2.45) is 5.41 Å². The summed E-state index contributed by atoms with van der Waals surface area (Å²) in [6.07, 6.45) is 0.671. The van der Waals surface area contributed by atoms with E-state index < -0.39 is 17.3 Å². The Kier molecular flexibility index (Phi) is 5.80. The number of aliphatic carboxylic acids is 1. The van der Waals surface area contributed by atoms with Gasteiger partial charge in [-0.1, -0.05) is 11.6 Å². The fourth-order valence-electron chi connectivity index (χ4n) is 2.55. The molecule has 2 rings (SSSR count). The molecule has 24 heavy (non-hydrogen) atoms. The lowest BCUT2D eigenvalue weighted by molar-refractivity contribution is -0.154. The lowest BCUT2D eigenvalue weighted by Crippen LogP contribution is -2.46. The number of amides is 2. The van der Waals surface area contributed by atoms with Crippen molar-refractivity contribution >= 4 is 35.1 Å². The van der Waals surface area contributed by atoms with Crippen LogP contribution in [0.3, 0.4) is 0 Å². The van der Waals surface area contributed by atoms with Crippen molar-refractivity contribution in [1.82, 2.24) is 5.32 Å². The summed E-state index contributed by atoms with van der Waals surface area (Å²) in [6, 6.07) is 4.54. The molecular formula is C16H19ClN2O5. The van der Waals surface area contributed by atoms with E-state index >= 15 is 0 Å². The molecule has 0 saturated carbocycles. The van der Waals surface area contributed by atoms with E-state index in [4.69, 9.17) is 16.3 Å². The Morgan fingerprint density at radius 3 is 2.54 bits per heavy atom. The molecule has 1 aliphatic rings. The topological polar surface area (TPSA) is 105 Å². The fraction of sp³-hybridized carbons (Fsp3) is 0.438. The molecule has 8 heteroatoms. The van der Waals surface area contributed by atoms with Gasteiger partial charge < -0.3 is 20.5 Å². The highest BCUT2D eigenvalue weighted by molar-refractivity contribution is 6.34. The first-order valence-corrected chi connectivity index (χ1v) is 7.88. The van der Waals surface area contributed by atoms with Gasteiger partial charge in [-0.05, 0) is 31.0 Å². The molecule has 0 aliphatic carbocycles. The number of hydrogen-bond donors (Lipinski definition) is 3. The average Bonchev–Trinajstić information content (AvgIpc) is 2.54. The molecule has 0 bridgehead atoms. The maximum Gasteiger partial charge on any atom is 0.311 e. The zero-order chi connectivity index (χ0) is 17.7. The predicted molar refractivity (Wildman–Crippen MR) is 88.2 cm³/mol. The molecule has 0 aromatic heterocycles. The summed E-state index contributed by atoms with van der Waals surface area (Å²) < 4.78 is 5.20. The van der Waals surface area contributed by atoms with Crippen LogP contribution >= 0.6 is 11.6 Å². The van der Waals surface area contributed by atoms with Crippen molar-refractivity contribution in [2.45, 2.75) is 19.8 Å². The van der Waals surface area contributed by atoms with Gasteiger partial charge in [0.05, 0.1) is 16.0 Å². The fourth-order valence-corrected chi connectivity index (χ4v) is 2.76. The lowest BCUT2D eigenvalue weighted by atomic mass is 9.80. The summed E-state index contributed by atoms with van der Waals surface area (Å²) in [5.41, 5.74) is -0.415. The Morgan fingerprint density at radius 1 is 1.29 bits per heavy atom. The number of carbonyl (C=O) groups excluding carboxylic acids is 2. The zero-order valence-corrected chi connectivity index (χ0v) is 14.0. The number of carboxylic acid groups (broad SMARTS) is 1. The van der Waals surface area contributed by atoms with Crippen LogP contribution in [0.1, 0.15) is 30.1 Å². The minimum atomic E-state index is -1.03. The number of rotatable bonds is 5. The number of benzene rings is 1. The molecular weight excluding hydrogens is 336 g/mol. The zero-order valence-electron chi connectivity index (χ0n) is 13.2. The van der Waals surface area contributed by atoms with Gasteiger partial charge in [-0.2, -0.15) is 0 Å². The number of carboxylic acids is 1. The summed E-state index contributed by atoms with van der Waals surface area (Å²) in [5, 5.41) is 14.9. The van der Waals surface area contributed by atoms with Crippen molar-refractivity contribution in [1.29, 1.82) is 0 Å². The van der Waals surface area contributed by atoms with E-state index in [1.165, 1.54) is 19.1 Å². The van der Waals surface area contributed by atoms with Gasteiger partial charge in [-0.15, -0.1) is 0 Å². The first kappa shape index (κ1) is 18.2. The maximum atomic E-state index is 12.4. The Labute approximate surface area is 144 Å². The minimum Gasteiger partial charge on any atom is -0.481 e. The lowest BCUT2D eigenvalue weighted by Gasteiger charge is -2.33. The predicted octanol–water partition coefficient (Wildman–Crippen LogP) is 1.91. The largest absolute Gasteiger partial charge is 0.481 e. The Bertz CT molecular complexity index is 656. The van der Waals surface area contributed by atoms with E-state index in [0.717, 1.165) is 0 Å². The summed E-state index contributed by atoms with van der Waals surface area (Å²) in [7, 11) is 0. The number of ether oxygens (including phenoxy) is 1. The third-order valence-corrected chi connectivity index (χ3v) is 4.35. The molecule has 1 saturated heterocycles. The molecule has 130 valence electrons. The van der Waals surface area contributed by atoms with Crippen LogP contribution in [0.4, 0.5) is 5.69 Å². The van der Waals surface area contributed by atoms with Crippen LogP contribution in [0.15, 0.2) is 18.2 Å². The molecule has 1 aliphatic heterocycles. The molecule has 0 atom stereocenters. The second-order valence-corrected chi connectivity index (χ2v) is 6.16. The summed E-state index contributed by atoms with van der Waals surface area (Å²) >= 11 is 6.04. The van der Waals surface area contributed by atoms with E-state index in [1.54, 1.807) is 6.07 Å². The van der Waals surface area contributed by atoms with Gasteiger partial charge in [-0.3, -0.25) is 14.4 Å². The second kappa shape index (κ2) is 7.63. The van der Waals surface area contributed by atoms with Crippen molar-refractivity contribution in [3.8, 4) is 0 Å². The van der Waals surface area contributed by atoms with Crippen molar-refractivity contribution in [2.75, 3.05) is 25.1 Å². The van der Waals surface area contributed by atoms with Crippen LogP contribution in [0.2, 0.25) is 5.02 Å². The summed E-state index contributed by atoms with van der Waals surface area (Å²) in [5.74, 6) is -1.71. The maximum absolute atomic E-state index is 12.4. The van der Waals surface area contributed by atoms with Gasteiger partial charge in [0.1, 0.15) is 0 Å². The highest BCUT2D eigenvalue weighted by Crippen LogP contribution is 2.30. The number of hydrogen-bond acceptors (Lipinski definition) is 4. The molecule has 1 aromatic carbocycles. The van der Waals surface area contributed by atoms with Crippen LogP contribution < -0.4 is 10.6 Å². The van der Waals surface area contributed by atoms with Crippen LogP contribution in [0.25, 0.3) is 0 Å². The Hall–Kier alpha value is -2.12. The number of halogens is 1. The van der Waals surface area contributed by atoms with Gasteiger partial charge in [0.15, 0.2) is 0 Å². The first-order chi connectivity index (χ1) is 11.3. The number of anilines is 1. The Morgan fingerprint density at radius 2 is 1.96 bits per heavy atom. The normalized spacial score (nSPS) is 16.2. The average molecular weight is 355 g/mol. The summed E-state index contributed by atoms with van der Waals surface area (Å²) in [6.45, 7) is 2.04. The highest BCUT2D eigenvalue weighted by atomic mass is 35.5. The van der Waals surface area contributed by atoms with Gasteiger partial charge in [0, 0.05) is 32.4 Å². The van der Waals surface area contributed by atoms with Gasteiger partial charge in [-0.25, -0.2) is 0 Å². The molecule has 0 radical (unpaired) electrons. The van der Waals surface area contributed by atoms with E-state index in [1.807, 2.05) is 0 Å². The van der Waals surface area contributed by atoms with Crippen LogP contribution in [-0.2, 0) is 14.3 Å². The smallest absolute Gasteiger partial charge is 0.311 e. The molecule has 1 fully saturated rings. The molecule has 3 N–H and O–H groups in total. The highest BCUT2D eigenvalue weighted by Gasteiger charge is 2.40. The van der Waals surface area contributed by atoms with Gasteiger partial charge >= 0.3 is 5.97 Å². The molecule has 7 nitrogen and oxygen atoms in total. The van der Waals surface area contributed by atoms with Crippen LogP contribution in [0, 0.1) is 5.41 Å². The third-order valence-electron chi connectivity index (χ3n) is 4.02. The van der Waals surface area contributed by atoms with E-state index in [9.17, 15) is 19.5 Å². The summed E-state index contributed by atoms with van der Waals surface area (Å²) in [4.78, 5) is 35.1. The second-order valence-electron chi connectivity index (χ2n) is 5.76. The minimum absolute atomic E-state index is 0.00871. The monoisotopic (exact) mass is 354 g/mol. The van der Waals surface area contributed by atoms with Crippen molar-refractivity contribution in [3.05, 3.63) is 28.8 Å². The number of nitrogens with one attached hydrogen (secondary N) is 2. The van der Waals surface area contributed by atoms with Crippen LogP contribution in [-0.4, -0.2) is 42.6 Å². The van der Waals surface area contributed by atoms with Crippen molar-refractivity contribution < 1.29 is 24.2 Å². The molecule has 2 amide bonds. The molecule has 1 aromatic rings. The first-order valence-electron chi connectivity index (χ1n) is 7.50. The van der Waals surface area contributed by atoms with Crippen LogP contribution in [0.5, 0.6) is 0 Å². The Balaban J connectivity index is 2.11. The molecule has 0 spiro atoms. The van der Waals surface area contributed by atoms with Gasteiger partial charge in [0.25, 0.3) is 5.91 Å². The SMILES string of the molecule is CC(=O)Nc1ccc(Cl)c(C(=O)NCC2(C(=O)O)CCOCC2)c1. The van der Waals surface area contributed by atoms with Crippen molar-refractivity contribution in [3.63, 3.8) is 0 Å². The van der Waals surface area contributed by atoms with E-state index in [0.29, 0.717) is 31.7 Å². The molecule has 1 heterocycles. The third kappa shape index (κ3) is 4.24. The van der Waals surface area contributed by atoms with E-state index in [-0.39, 0.29) is 23.0 Å². The quantitative estimate of drug-likeness (QED) is 0.749. The standard InChI is InChI=1S/C16H19ClN2O5/c1-10(20)19-11-2-3-13(17)12(8-11)14(21)18-9-16(15(22)23)4-6-24-7-5-16/h2-3,8H,4-7,9H2,1H3,(H,18,21)(H,19,20)(H,22,23). The van der Waals surface area contributed by atoms with Gasteiger partial charge in [0.2, 0.25) is 5.91 Å². The van der Waals surface area contributed by atoms with E-state index in [2.05, 4.69) is 10.6 Å². The molecule has 0 unspecified atom stereocenters.